The highest BCUT2D eigenvalue weighted by atomic mass is 16.6. The Labute approximate surface area is 128 Å². The Bertz CT molecular complexity index is 363. The number of carbonyl (C=O) groups is 1. The summed E-state index contributed by atoms with van der Waals surface area (Å²) in [5.74, 6) is 0. The van der Waals surface area contributed by atoms with E-state index in [2.05, 4.69) is 22.5 Å². The van der Waals surface area contributed by atoms with E-state index in [4.69, 9.17) is 4.74 Å². The number of likely N-dealkylation sites (tertiary alicyclic amines) is 1. The number of nitrogens with zero attached hydrogens (tertiary/aromatic N) is 1. The number of amides is 1. The maximum absolute atomic E-state index is 11.7. The molecule has 2 N–H and O–H groups in total. The van der Waals surface area contributed by atoms with Crippen LogP contribution in [0.3, 0.4) is 0 Å². The van der Waals surface area contributed by atoms with Crippen LogP contribution in [0.15, 0.2) is 0 Å². The van der Waals surface area contributed by atoms with Crippen molar-refractivity contribution in [3.05, 3.63) is 0 Å². The molecule has 2 fully saturated rings. The smallest absolute Gasteiger partial charge is 0.407 e. The third-order valence-electron chi connectivity index (χ3n) is 4.11. The van der Waals surface area contributed by atoms with E-state index in [0.717, 1.165) is 19.1 Å². The number of rotatable bonds is 5. The van der Waals surface area contributed by atoms with Gasteiger partial charge in [0.2, 0.25) is 0 Å². The number of alkyl carbamates (subject to hydrolysis) is 1. The lowest BCUT2D eigenvalue weighted by atomic mass is 10.2. The van der Waals surface area contributed by atoms with Crippen molar-refractivity contribution in [1.29, 1.82) is 0 Å². The molecule has 0 aromatic carbocycles. The van der Waals surface area contributed by atoms with Gasteiger partial charge in [0.05, 0.1) is 0 Å². The van der Waals surface area contributed by atoms with Crippen LogP contribution in [0, 0.1) is 0 Å². The van der Waals surface area contributed by atoms with E-state index in [0.29, 0.717) is 12.1 Å². The molecule has 0 aromatic heterocycles. The molecular weight excluding hydrogens is 266 g/mol. The lowest BCUT2D eigenvalue weighted by Gasteiger charge is -2.23. The standard InChI is InChI=1S/C16H31N3O2/c1-11(18-15(20)21-16(3,4)5)9-17-13-8-12(2)19(10-13)14-6-7-14/h11-14,17H,6-10H2,1-5H3,(H,18,20). The van der Waals surface area contributed by atoms with Crippen LogP contribution in [0.25, 0.3) is 0 Å². The van der Waals surface area contributed by atoms with E-state index >= 15 is 0 Å². The summed E-state index contributed by atoms with van der Waals surface area (Å²) in [6.07, 6.45) is 3.60. The Morgan fingerprint density at radius 3 is 2.62 bits per heavy atom. The zero-order valence-corrected chi connectivity index (χ0v) is 14.1. The van der Waals surface area contributed by atoms with Crippen LogP contribution < -0.4 is 10.6 Å². The summed E-state index contributed by atoms with van der Waals surface area (Å²) >= 11 is 0. The lowest BCUT2D eigenvalue weighted by Crippen LogP contribution is -2.45. The van der Waals surface area contributed by atoms with Crippen LogP contribution in [0.1, 0.15) is 53.9 Å². The Morgan fingerprint density at radius 2 is 2.05 bits per heavy atom. The molecule has 5 nitrogen and oxygen atoms in total. The van der Waals surface area contributed by atoms with E-state index in [1.807, 2.05) is 27.7 Å². The SMILES string of the molecule is CC(CNC1CC(C)N(C2CC2)C1)NC(=O)OC(C)(C)C. The second-order valence-electron chi connectivity index (χ2n) is 7.67. The van der Waals surface area contributed by atoms with Crippen molar-refractivity contribution in [2.24, 2.45) is 0 Å². The van der Waals surface area contributed by atoms with E-state index in [9.17, 15) is 4.79 Å². The summed E-state index contributed by atoms with van der Waals surface area (Å²) in [6.45, 7) is 11.9. The first-order chi connectivity index (χ1) is 9.74. The van der Waals surface area contributed by atoms with Gasteiger partial charge < -0.3 is 15.4 Å². The minimum atomic E-state index is -0.442. The number of ether oxygens (including phenoxy) is 1. The quantitative estimate of drug-likeness (QED) is 0.816. The van der Waals surface area contributed by atoms with E-state index in [1.54, 1.807) is 0 Å². The Kier molecular flexibility index (Phi) is 5.15. The molecule has 5 heteroatoms. The molecule has 0 aromatic rings. The number of nitrogens with one attached hydrogen (secondary N) is 2. The first kappa shape index (κ1) is 16.6. The highest BCUT2D eigenvalue weighted by Gasteiger charge is 2.38. The molecule has 2 aliphatic rings. The van der Waals surface area contributed by atoms with Gasteiger partial charge in [-0.15, -0.1) is 0 Å². The van der Waals surface area contributed by atoms with Crippen LogP contribution in [0.2, 0.25) is 0 Å². The Morgan fingerprint density at radius 1 is 1.38 bits per heavy atom. The molecule has 1 aliphatic heterocycles. The molecule has 1 saturated heterocycles. The average Bonchev–Trinajstić information content (AvgIpc) is 3.08. The minimum Gasteiger partial charge on any atom is -0.444 e. The van der Waals surface area contributed by atoms with Crippen molar-refractivity contribution >= 4 is 6.09 Å². The monoisotopic (exact) mass is 297 g/mol. The molecule has 2 rings (SSSR count). The van der Waals surface area contributed by atoms with Crippen molar-refractivity contribution < 1.29 is 9.53 Å². The molecule has 1 aliphatic carbocycles. The fourth-order valence-corrected chi connectivity index (χ4v) is 3.02. The summed E-state index contributed by atoms with van der Waals surface area (Å²) in [4.78, 5) is 14.3. The first-order valence-corrected chi connectivity index (χ1v) is 8.23. The molecule has 1 amide bonds. The highest BCUT2D eigenvalue weighted by molar-refractivity contribution is 5.68. The van der Waals surface area contributed by atoms with Crippen molar-refractivity contribution in [2.75, 3.05) is 13.1 Å². The maximum Gasteiger partial charge on any atom is 0.407 e. The van der Waals surface area contributed by atoms with Crippen molar-refractivity contribution in [3.63, 3.8) is 0 Å². The third kappa shape index (κ3) is 5.47. The first-order valence-electron chi connectivity index (χ1n) is 8.23. The second kappa shape index (κ2) is 6.53. The summed E-state index contributed by atoms with van der Waals surface area (Å²) in [7, 11) is 0. The van der Waals surface area contributed by atoms with Gasteiger partial charge >= 0.3 is 6.09 Å². The van der Waals surface area contributed by atoms with Crippen molar-refractivity contribution in [1.82, 2.24) is 15.5 Å². The molecule has 3 atom stereocenters. The fourth-order valence-electron chi connectivity index (χ4n) is 3.02. The number of hydrogen-bond donors (Lipinski definition) is 2. The average molecular weight is 297 g/mol. The van der Waals surface area contributed by atoms with Crippen molar-refractivity contribution in [3.8, 4) is 0 Å². The van der Waals surface area contributed by atoms with Crippen LogP contribution >= 0.6 is 0 Å². The fraction of sp³-hybridized carbons (Fsp3) is 0.938. The molecule has 0 bridgehead atoms. The molecule has 1 heterocycles. The summed E-state index contributed by atoms with van der Waals surface area (Å²) in [6, 6.07) is 2.14. The van der Waals surface area contributed by atoms with Crippen LogP contribution in [-0.2, 0) is 4.74 Å². The summed E-state index contributed by atoms with van der Waals surface area (Å²) in [5.41, 5.74) is -0.442. The Hall–Kier alpha value is -0.810. The molecule has 122 valence electrons. The molecule has 3 unspecified atom stereocenters. The Balaban J connectivity index is 1.65. The molecule has 0 radical (unpaired) electrons. The highest BCUT2D eigenvalue weighted by Crippen LogP contribution is 2.33. The second-order valence-corrected chi connectivity index (χ2v) is 7.67. The zero-order chi connectivity index (χ0) is 15.6. The predicted molar refractivity (Wildman–Crippen MR) is 84.4 cm³/mol. The van der Waals surface area contributed by atoms with Crippen molar-refractivity contribution in [2.45, 2.75) is 83.6 Å². The van der Waals surface area contributed by atoms with Gasteiger partial charge in [-0.3, -0.25) is 4.90 Å². The van der Waals surface area contributed by atoms with Gasteiger partial charge in [-0.05, 0) is 53.9 Å². The van der Waals surface area contributed by atoms with Gasteiger partial charge in [0.1, 0.15) is 5.60 Å². The molecular formula is C16H31N3O2. The molecule has 21 heavy (non-hydrogen) atoms. The minimum absolute atomic E-state index is 0.0742. The van der Waals surface area contributed by atoms with Gasteiger partial charge in [-0.25, -0.2) is 4.79 Å². The number of carbonyl (C=O) groups excluding carboxylic acids is 1. The lowest BCUT2D eigenvalue weighted by molar-refractivity contribution is 0.0507. The van der Waals surface area contributed by atoms with Gasteiger partial charge in [-0.2, -0.15) is 0 Å². The zero-order valence-electron chi connectivity index (χ0n) is 14.1. The number of hydrogen-bond acceptors (Lipinski definition) is 4. The summed E-state index contributed by atoms with van der Waals surface area (Å²) in [5, 5.41) is 6.46. The molecule has 0 spiro atoms. The van der Waals surface area contributed by atoms with E-state index < -0.39 is 5.60 Å². The van der Waals surface area contributed by atoms with Crippen LogP contribution in [0.5, 0.6) is 0 Å². The molecule has 1 saturated carbocycles. The largest absolute Gasteiger partial charge is 0.444 e. The maximum atomic E-state index is 11.7. The third-order valence-corrected chi connectivity index (χ3v) is 4.11. The van der Waals surface area contributed by atoms with Gasteiger partial charge in [0.25, 0.3) is 0 Å². The predicted octanol–water partition coefficient (Wildman–Crippen LogP) is 2.11. The van der Waals surface area contributed by atoms with Gasteiger partial charge in [0, 0.05) is 37.3 Å². The van der Waals surface area contributed by atoms with E-state index in [1.165, 1.54) is 19.3 Å². The topological polar surface area (TPSA) is 53.6 Å². The van der Waals surface area contributed by atoms with E-state index in [-0.39, 0.29) is 12.1 Å². The van der Waals surface area contributed by atoms with Gasteiger partial charge in [0.15, 0.2) is 0 Å². The normalized spacial score (nSPS) is 28.4. The van der Waals surface area contributed by atoms with Gasteiger partial charge in [-0.1, -0.05) is 0 Å². The summed E-state index contributed by atoms with van der Waals surface area (Å²) < 4.78 is 5.27. The van der Waals surface area contributed by atoms with Crippen LogP contribution in [0.4, 0.5) is 4.79 Å². The van der Waals surface area contributed by atoms with Crippen LogP contribution in [-0.4, -0.2) is 53.9 Å².